The van der Waals surface area contributed by atoms with Crippen LogP contribution in [0.2, 0.25) is 0 Å². The molecule has 0 aliphatic carbocycles. The average molecular weight is 373 g/mol. The summed E-state index contributed by atoms with van der Waals surface area (Å²) in [5.41, 5.74) is 1.71. The lowest BCUT2D eigenvalue weighted by Crippen LogP contribution is -2.30. The molecule has 7 nitrogen and oxygen atoms in total. The maximum Gasteiger partial charge on any atom is 0.414 e. The van der Waals surface area contributed by atoms with Crippen molar-refractivity contribution >= 4 is 17.4 Å². The van der Waals surface area contributed by atoms with Crippen molar-refractivity contribution in [2.75, 3.05) is 24.7 Å². The minimum absolute atomic E-state index is 0.176. The summed E-state index contributed by atoms with van der Waals surface area (Å²) in [6.07, 6.45) is 4.82. The van der Waals surface area contributed by atoms with Crippen molar-refractivity contribution in [3.05, 3.63) is 58.5 Å². The van der Waals surface area contributed by atoms with Gasteiger partial charge in [-0.05, 0) is 30.2 Å². The number of aromatic nitrogens is 2. The quantitative estimate of drug-likeness (QED) is 0.824. The third kappa shape index (κ3) is 3.40. The number of carbonyl (C=O) groups is 1. The zero-order valence-corrected chi connectivity index (χ0v) is 14.9. The number of anilines is 1. The molecule has 2 aromatic rings. The van der Waals surface area contributed by atoms with Gasteiger partial charge in [-0.2, -0.15) is 0 Å². The van der Waals surface area contributed by atoms with Crippen LogP contribution in [0.3, 0.4) is 0 Å². The summed E-state index contributed by atoms with van der Waals surface area (Å²) in [6, 6.07) is 4.75. The van der Waals surface area contributed by atoms with Crippen LogP contribution in [-0.4, -0.2) is 41.1 Å². The van der Waals surface area contributed by atoms with Gasteiger partial charge in [-0.25, -0.2) is 14.0 Å². The first-order valence-electron chi connectivity index (χ1n) is 8.79. The fourth-order valence-electron chi connectivity index (χ4n) is 3.40. The van der Waals surface area contributed by atoms with Gasteiger partial charge in [0.2, 0.25) is 0 Å². The molecule has 1 fully saturated rings. The van der Waals surface area contributed by atoms with E-state index in [-0.39, 0.29) is 24.6 Å². The molecule has 0 radical (unpaired) electrons. The topological polar surface area (TPSA) is 65.7 Å². The van der Waals surface area contributed by atoms with Gasteiger partial charge in [0.1, 0.15) is 11.9 Å². The minimum atomic E-state index is -0.540. The van der Waals surface area contributed by atoms with Crippen molar-refractivity contribution in [1.29, 1.82) is 0 Å². The van der Waals surface area contributed by atoms with E-state index in [1.165, 1.54) is 20.1 Å². The number of aryl methyl sites for hydroxylation is 1. The van der Waals surface area contributed by atoms with Gasteiger partial charge < -0.3 is 14.0 Å². The maximum absolute atomic E-state index is 14.6. The zero-order chi connectivity index (χ0) is 19.0. The van der Waals surface area contributed by atoms with Crippen LogP contribution in [0.15, 0.2) is 41.5 Å². The van der Waals surface area contributed by atoms with Crippen molar-refractivity contribution in [2.45, 2.75) is 19.1 Å². The molecule has 1 amide bonds. The van der Waals surface area contributed by atoms with Crippen LogP contribution in [0, 0.1) is 5.82 Å². The molecular weight excluding hydrogens is 353 g/mol. The highest BCUT2D eigenvalue weighted by molar-refractivity contribution is 5.90. The Morgan fingerprint density at radius 2 is 2.11 bits per heavy atom. The first-order chi connectivity index (χ1) is 13.0. The number of cyclic esters (lactones) is 1. The fourth-order valence-corrected chi connectivity index (χ4v) is 3.40. The highest BCUT2D eigenvalue weighted by atomic mass is 19.1. The standard InChI is InChI=1S/C19H20FN3O4/c1-21-6-7-22(18(21)24)11-15-12-23(19(25)27-15)14-2-3-16(17(20)10-14)13-4-8-26-9-5-13/h2-4,6-7,10,15H,5,8-9,11-12H2,1H3/t15-/m1/s1. The fraction of sp³-hybridized carbons (Fsp3) is 0.368. The van der Waals surface area contributed by atoms with Crippen molar-refractivity contribution in [3.63, 3.8) is 0 Å². The Labute approximate surface area is 155 Å². The van der Waals surface area contributed by atoms with Crippen molar-refractivity contribution in [2.24, 2.45) is 7.05 Å². The van der Waals surface area contributed by atoms with E-state index < -0.39 is 12.2 Å². The Morgan fingerprint density at radius 3 is 2.78 bits per heavy atom. The second-order valence-electron chi connectivity index (χ2n) is 6.68. The summed E-state index contributed by atoms with van der Waals surface area (Å²) >= 11 is 0. The van der Waals surface area contributed by atoms with Gasteiger partial charge in [0.25, 0.3) is 0 Å². The van der Waals surface area contributed by atoms with Gasteiger partial charge in [-0.15, -0.1) is 0 Å². The second-order valence-corrected chi connectivity index (χ2v) is 6.68. The van der Waals surface area contributed by atoms with Gasteiger partial charge in [-0.1, -0.05) is 6.08 Å². The molecule has 2 aliphatic heterocycles. The van der Waals surface area contributed by atoms with Crippen molar-refractivity contribution in [3.8, 4) is 0 Å². The van der Waals surface area contributed by atoms with E-state index in [0.29, 0.717) is 30.9 Å². The predicted octanol–water partition coefficient (Wildman–Crippen LogP) is 2.16. The number of ether oxygens (including phenoxy) is 2. The van der Waals surface area contributed by atoms with E-state index in [1.807, 2.05) is 6.08 Å². The van der Waals surface area contributed by atoms with Crippen molar-refractivity contribution < 1.29 is 18.7 Å². The van der Waals surface area contributed by atoms with Crippen LogP contribution in [0.25, 0.3) is 5.57 Å². The lowest BCUT2D eigenvalue weighted by atomic mass is 10.0. The average Bonchev–Trinajstić information content (AvgIpc) is 3.19. The Hall–Kier alpha value is -2.87. The highest BCUT2D eigenvalue weighted by Gasteiger charge is 2.33. The minimum Gasteiger partial charge on any atom is -0.442 e. The summed E-state index contributed by atoms with van der Waals surface area (Å²) in [4.78, 5) is 25.5. The molecule has 8 heteroatoms. The third-order valence-corrected chi connectivity index (χ3v) is 4.87. The molecule has 1 saturated heterocycles. The van der Waals surface area contributed by atoms with Gasteiger partial charge >= 0.3 is 11.8 Å². The smallest absolute Gasteiger partial charge is 0.414 e. The Bertz CT molecular complexity index is 962. The van der Waals surface area contributed by atoms with E-state index in [2.05, 4.69) is 0 Å². The SMILES string of the molecule is Cn1ccn(C[C@@H]2CN(c3ccc(C4=CCOCC4)c(F)c3)C(=O)O2)c1=O. The van der Waals surface area contributed by atoms with Gasteiger partial charge in [0, 0.05) is 25.0 Å². The summed E-state index contributed by atoms with van der Waals surface area (Å²) in [6.45, 7) is 1.58. The van der Waals surface area contributed by atoms with Crippen LogP contribution < -0.4 is 10.6 Å². The Morgan fingerprint density at radius 1 is 1.26 bits per heavy atom. The monoisotopic (exact) mass is 373 g/mol. The van der Waals surface area contributed by atoms with E-state index in [4.69, 9.17) is 9.47 Å². The molecule has 1 aromatic heterocycles. The molecule has 4 rings (SSSR count). The van der Waals surface area contributed by atoms with Crippen LogP contribution in [0.5, 0.6) is 0 Å². The summed E-state index contributed by atoms with van der Waals surface area (Å²) < 4.78 is 28.2. The summed E-state index contributed by atoms with van der Waals surface area (Å²) in [5.74, 6) is -0.379. The molecule has 3 heterocycles. The number of benzene rings is 1. The third-order valence-electron chi connectivity index (χ3n) is 4.87. The van der Waals surface area contributed by atoms with Gasteiger partial charge in [0.15, 0.2) is 0 Å². The predicted molar refractivity (Wildman–Crippen MR) is 97.1 cm³/mol. The molecule has 0 unspecified atom stereocenters. The molecule has 0 spiro atoms. The number of hydrogen-bond acceptors (Lipinski definition) is 4. The number of carbonyl (C=O) groups excluding carboxylic acids is 1. The number of amides is 1. The Kier molecular flexibility index (Phi) is 4.57. The normalized spacial score (nSPS) is 19.9. The molecule has 142 valence electrons. The molecule has 1 aromatic carbocycles. The summed E-state index contributed by atoms with van der Waals surface area (Å²) in [5, 5.41) is 0. The molecule has 27 heavy (non-hydrogen) atoms. The van der Waals surface area contributed by atoms with E-state index in [1.54, 1.807) is 31.6 Å². The van der Waals surface area contributed by atoms with Gasteiger partial charge in [-0.3, -0.25) is 9.47 Å². The van der Waals surface area contributed by atoms with Crippen molar-refractivity contribution in [1.82, 2.24) is 9.13 Å². The first-order valence-corrected chi connectivity index (χ1v) is 8.79. The maximum atomic E-state index is 14.6. The Balaban J connectivity index is 1.51. The first kappa shape index (κ1) is 17.5. The number of imidazole rings is 1. The lowest BCUT2D eigenvalue weighted by molar-refractivity contribution is 0.131. The molecule has 0 N–H and O–H groups in total. The van der Waals surface area contributed by atoms with Gasteiger partial charge in [0.05, 0.1) is 32.0 Å². The number of rotatable bonds is 4. The zero-order valence-electron chi connectivity index (χ0n) is 14.9. The summed E-state index contributed by atoms with van der Waals surface area (Å²) in [7, 11) is 1.66. The van der Waals surface area contributed by atoms with Crippen LogP contribution in [-0.2, 0) is 23.1 Å². The van der Waals surface area contributed by atoms with Crippen LogP contribution in [0.4, 0.5) is 14.9 Å². The van der Waals surface area contributed by atoms with Crippen LogP contribution in [0.1, 0.15) is 12.0 Å². The highest BCUT2D eigenvalue weighted by Crippen LogP contribution is 2.29. The largest absolute Gasteiger partial charge is 0.442 e. The molecule has 1 atom stereocenters. The molecule has 2 aliphatic rings. The molecular formula is C19H20FN3O4. The van der Waals surface area contributed by atoms with E-state index in [9.17, 15) is 14.0 Å². The number of hydrogen-bond donors (Lipinski definition) is 0. The molecule has 0 saturated carbocycles. The number of halogens is 1. The molecule has 0 bridgehead atoms. The van der Waals surface area contributed by atoms with E-state index in [0.717, 1.165) is 5.57 Å². The lowest BCUT2D eigenvalue weighted by Gasteiger charge is -2.17. The number of nitrogens with zero attached hydrogens (tertiary/aromatic N) is 3. The second kappa shape index (κ2) is 7.03. The van der Waals surface area contributed by atoms with E-state index >= 15 is 0 Å². The van der Waals surface area contributed by atoms with Crippen LogP contribution >= 0.6 is 0 Å².